The maximum Gasteiger partial charge on any atom is 0.295 e. The largest absolute Gasteiger partial charge is 0.494 e. The molecule has 4 rings (SSSR count). The fourth-order valence-corrected chi connectivity index (χ4v) is 3.52. The number of carbonyl (C=O) groups is 1. The Morgan fingerprint density at radius 2 is 2.12 bits per heavy atom. The topological polar surface area (TPSA) is 78.9 Å². The standard InChI is InChI=1S/C17H16N2O5S/c1-10-15(7-11-2-3-12-13(6-11)24-9-23-12)25-17(18-10)19-16(20)14-8-21-4-5-22-14/h2-3,6,8H,4-5,7,9H2,1H3,(H,18,19,20). The van der Waals surface area contributed by atoms with Crippen molar-refractivity contribution in [2.75, 3.05) is 25.3 Å². The Bertz CT molecular complexity index is 846. The maximum atomic E-state index is 12.1. The van der Waals surface area contributed by atoms with Gasteiger partial charge in [-0.2, -0.15) is 0 Å². The van der Waals surface area contributed by atoms with Crippen molar-refractivity contribution >= 4 is 22.4 Å². The molecule has 2 aliphatic heterocycles. The molecule has 1 aromatic carbocycles. The lowest BCUT2D eigenvalue weighted by Gasteiger charge is -2.14. The molecular weight excluding hydrogens is 344 g/mol. The first-order valence-corrected chi connectivity index (χ1v) is 8.61. The molecule has 0 atom stereocenters. The molecule has 1 N–H and O–H groups in total. The minimum absolute atomic E-state index is 0.163. The van der Waals surface area contributed by atoms with Gasteiger partial charge in [0.1, 0.15) is 19.5 Å². The summed E-state index contributed by atoms with van der Waals surface area (Å²) < 4.78 is 21.1. The van der Waals surface area contributed by atoms with E-state index in [2.05, 4.69) is 10.3 Å². The zero-order valence-corrected chi connectivity index (χ0v) is 14.4. The fraction of sp³-hybridized carbons (Fsp3) is 0.294. The Hall–Kier alpha value is -2.74. The summed E-state index contributed by atoms with van der Waals surface area (Å²) in [5, 5.41) is 3.29. The van der Waals surface area contributed by atoms with Crippen LogP contribution in [0.1, 0.15) is 16.1 Å². The summed E-state index contributed by atoms with van der Waals surface area (Å²) in [7, 11) is 0. The van der Waals surface area contributed by atoms with E-state index in [4.69, 9.17) is 18.9 Å². The molecule has 3 heterocycles. The van der Waals surface area contributed by atoms with Gasteiger partial charge in [0, 0.05) is 11.3 Å². The molecule has 130 valence electrons. The Morgan fingerprint density at radius 1 is 1.24 bits per heavy atom. The summed E-state index contributed by atoms with van der Waals surface area (Å²) in [6, 6.07) is 5.88. The third-order valence-electron chi connectivity index (χ3n) is 3.79. The van der Waals surface area contributed by atoms with Gasteiger partial charge in [-0.15, -0.1) is 11.3 Å². The van der Waals surface area contributed by atoms with Crippen molar-refractivity contribution in [2.45, 2.75) is 13.3 Å². The third kappa shape index (κ3) is 3.39. The summed E-state index contributed by atoms with van der Waals surface area (Å²) >= 11 is 1.44. The molecule has 0 saturated heterocycles. The molecule has 8 heteroatoms. The van der Waals surface area contributed by atoms with Crippen molar-refractivity contribution in [3.63, 3.8) is 0 Å². The average molecular weight is 360 g/mol. The third-order valence-corrected chi connectivity index (χ3v) is 4.86. The van der Waals surface area contributed by atoms with Crippen LogP contribution in [0.3, 0.4) is 0 Å². The normalized spacial score (nSPS) is 15.2. The van der Waals surface area contributed by atoms with E-state index in [9.17, 15) is 4.79 Å². The molecule has 2 aliphatic rings. The van der Waals surface area contributed by atoms with Crippen LogP contribution in [0.2, 0.25) is 0 Å². The average Bonchev–Trinajstić information content (AvgIpc) is 3.22. The van der Waals surface area contributed by atoms with Crippen molar-refractivity contribution in [1.82, 2.24) is 4.98 Å². The summed E-state index contributed by atoms with van der Waals surface area (Å²) in [6.45, 7) is 3.00. The molecule has 1 aromatic heterocycles. The molecule has 0 fully saturated rings. The molecule has 1 amide bonds. The second-order valence-corrected chi connectivity index (χ2v) is 6.63. The number of carbonyl (C=O) groups excluding carboxylic acids is 1. The van der Waals surface area contributed by atoms with Crippen molar-refractivity contribution in [3.8, 4) is 11.5 Å². The van der Waals surface area contributed by atoms with Crippen LogP contribution in [0.4, 0.5) is 5.13 Å². The van der Waals surface area contributed by atoms with E-state index >= 15 is 0 Å². The number of nitrogens with one attached hydrogen (secondary N) is 1. The second kappa shape index (κ2) is 6.64. The predicted molar refractivity (Wildman–Crippen MR) is 90.8 cm³/mol. The highest BCUT2D eigenvalue weighted by Crippen LogP contribution is 2.34. The van der Waals surface area contributed by atoms with E-state index < -0.39 is 0 Å². The van der Waals surface area contributed by atoms with E-state index in [1.165, 1.54) is 17.6 Å². The summed E-state index contributed by atoms with van der Waals surface area (Å²) in [5.41, 5.74) is 1.98. The number of hydrogen-bond acceptors (Lipinski definition) is 7. The van der Waals surface area contributed by atoms with Crippen LogP contribution < -0.4 is 14.8 Å². The fourth-order valence-electron chi connectivity index (χ4n) is 2.53. The summed E-state index contributed by atoms with van der Waals surface area (Å²) in [5.74, 6) is 1.33. The van der Waals surface area contributed by atoms with Gasteiger partial charge in [-0.3, -0.25) is 10.1 Å². The molecule has 0 radical (unpaired) electrons. The number of ether oxygens (including phenoxy) is 4. The smallest absolute Gasteiger partial charge is 0.295 e. The van der Waals surface area contributed by atoms with Gasteiger partial charge in [0.05, 0.1) is 5.69 Å². The Balaban J connectivity index is 1.46. The minimum atomic E-state index is -0.358. The first kappa shape index (κ1) is 15.8. The number of aromatic nitrogens is 1. The lowest BCUT2D eigenvalue weighted by molar-refractivity contribution is -0.117. The predicted octanol–water partition coefficient (Wildman–Crippen LogP) is 2.60. The van der Waals surface area contributed by atoms with E-state index in [0.717, 1.165) is 27.6 Å². The van der Waals surface area contributed by atoms with E-state index in [1.54, 1.807) is 0 Å². The molecule has 25 heavy (non-hydrogen) atoms. The lowest BCUT2D eigenvalue weighted by atomic mass is 10.1. The summed E-state index contributed by atoms with van der Waals surface area (Å²) in [6.07, 6.45) is 2.03. The number of hydrogen-bond donors (Lipinski definition) is 1. The number of amides is 1. The second-order valence-electron chi connectivity index (χ2n) is 5.55. The number of benzene rings is 1. The van der Waals surface area contributed by atoms with Gasteiger partial charge in [0.15, 0.2) is 16.6 Å². The first-order chi connectivity index (χ1) is 12.2. The quantitative estimate of drug-likeness (QED) is 0.903. The van der Waals surface area contributed by atoms with Gasteiger partial charge < -0.3 is 18.9 Å². The van der Waals surface area contributed by atoms with Crippen molar-refractivity contribution in [3.05, 3.63) is 46.4 Å². The number of anilines is 1. The van der Waals surface area contributed by atoms with Crippen molar-refractivity contribution in [2.24, 2.45) is 0 Å². The van der Waals surface area contributed by atoms with Gasteiger partial charge in [0.25, 0.3) is 5.91 Å². The molecular formula is C17H16N2O5S. The number of thiazole rings is 1. The Morgan fingerprint density at radius 3 is 2.96 bits per heavy atom. The van der Waals surface area contributed by atoms with Gasteiger partial charge in [0.2, 0.25) is 12.6 Å². The molecule has 0 spiro atoms. The van der Waals surface area contributed by atoms with E-state index in [-0.39, 0.29) is 18.5 Å². The van der Waals surface area contributed by atoms with Crippen LogP contribution in [0, 0.1) is 6.92 Å². The monoisotopic (exact) mass is 360 g/mol. The van der Waals surface area contributed by atoms with Gasteiger partial charge >= 0.3 is 0 Å². The van der Waals surface area contributed by atoms with Crippen LogP contribution in [-0.4, -0.2) is 30.9 Å². The van der Waals surface area contributed by atoms with Crippen molar-refractivity contribution in [1.29, 1.82) is 0 Å². The molecule has 0 unspecified atom stereocenters. The molecule has 7 nitrogen and oxygen atoms in total. The Kier molecular flexibility index (Phi) is 4.19. The molecule has 0 saturated carbocycles. The lowest BCUT2D eigenvalue weighted by Crippen LogP contribution is -2.21. The van der Waals surface area contributed by atoms with Crippen LogP contribution in [0.15, 0.2) is 30.2 Å². The van der Waals surface area contributed by atoms with Crippen molar-refractivity contribution < 1.29 is 23.7 Å². The zero-order chi connectivity index (χ0) is 17.2. The van der Waals surface area contributed by atoms with Gasteiger partial charge in [-0.1, -0.05) is 6.07 Å². The van der Waals surface area contributed by atoms with E-state index in [1.807, 2.05) is 25.1 Å². The number of nitrogens with zero attached hydrogens (tertiary/aromatic N) is 1. The number of fused-ring (bicyclic) bond motifs is 1. The number of aryl methyl sites for hydroxylation is 1. The van der Waals surface area contributed by atoms with Crippen LogP contribution in [0.25, 0.3) is 0 Å². The van der Waals surface area contributed by atoms with Crippen LogP contribution in [-0.2, 0) is 20.7 Å². The molecule has 2 aromatic rings. The summed E-state index contributed by atoms with van der Waals surface area (Å²) in [4.78, 5) is 17.6. The van der Waals surface area contributed by atoms with Gasteiger partial charge in [-0.25, -0.2) is 4.98 Å². The number of rotatable bonds is 4. The molecule has 0 aliphatic carbocycles. The van der Waals surface area contributed by atoms with Crippen LogP contribution >= 0.6 is 11.3 Å². The maximum absolute atomic E-state index is 12.1. The first-order valence-electron chi connectivity index (χ1n) is 7.80. The highest BCUT2D eigenvalue weighted by atomic mass is 32.1. The Labute approximate surface area is 148 Å². The SMILES string of the molecule is Cc1nc(NC(=O)C2=COCCO2)sc1Cc1ccc2c(c1)OCO2. The molecule has 0 bridgehead atoms. The zero-order valence-electron chi connectivity index (χ0n) is 13.5. The minimum Gasteiger partial charge on any atom is -0.494 e. The van der Waals surface area contributed by atoms with Crippen LogP contribution in [0.5, 0.6) is 11.5 Å². The highest BCUT2D eigenvalue weighted by Gasteiger charge is 2.18. The highest BCUT2D eigenvalue weighted by molar-refractivity contribution is 7.15. The van der Waals surface area contributed by atoms with Gasteiger partial charge in [-0.05, 0) is 24.6 Å². The van der Waals surface area contributed by atoms with E-state index in [0.29, 0.717) is 24.8 Å².